The van der Waals surface area contributed by atoms with Crippen LogP contribution in [0.1, 0.15) is 16.7 Å². The van der Waals surface area contributed by atoms with E-state index in [4.69, 9.17) is 18.9 Å². The number of hydrogen-bond donors (Lipinski definition) is 1. The second kappa shape index (κ2) is 10.3. The molecule has 6 heteroatoms. The zero-order valence-corrected chi connectivity index (χ0v) is 17.0. The largest absolute Gasteiger partial charge is 0.493 e. The van der Waals surface area contributed by atoms with Crippen LogP contribution in [-0.4, -0.2) is 52.5 Å². The lowest BCUT2D eigenvalue weighted by Crippen LogP contribution is -2.35. The number of hydrogen-bond acceptors (Lipinski definition) is 6. The van der Waals surface area contributed by atoms with Crippen molar-refractivity contribution in [1.29, 1.82) is 0 Å². The molecular weight excluding hydrogens is 356 g/mol. The molecule has 0 amide bonds. The standard InChI is InChI=1S/C22H30N2O4/c1-25-20-9-8-19(21(26-2)22(20)27-3)15-23-14-17-4-6-18(7-5-17)16-24-10-12-28-13-11-24/h4-9,23H,10-16H2,1-3H3. The van der Waals surface area contributed by atoms with Gasteiger partial charge in [0, 0.05) is 38.3 Å². The van der Waals surface area contributed by atoms with Gasteiger partial charge in [0.1, 0.15) is 0 Å². The van der Waals surface area contributed by atoms with E-state index in [0.29, 0.717) is 23.8 Å². The minimum atomic E-state index is 0.622. The Kier molecular flexibility index (Phi) is 7.54. The number of ether oxygens (including phenoxy) is 4. The van der Waals surface area contributed by atoms with Gasteiger partial charge >= 0.3 is 0 Å². The average Bonchev–Trinajstić information content (AvgIpc) is 2.75. The maximum Gasteiger partial charge on any atom is 0.203 e. The topological polar surface area (TPSA) is 52.2 Å². The van der Waals surface area contributed by atoms with Crippen LogP contribution in [-0.2, 0) is 24.4 Å². The van der Waals surface area contributed by atoms with E-state index in [1.807, 2.05) is 12.1 Å². The van der Waals surface area contributed by atoms with Crippen LogP contribution in [0.15, 0.2) is 36.4 Å². The Balaban J connectivity index is 1.55. The molecule has 1 saturated heterocycles. The first kappa shape index (κ1) is 20.5. The van der Waals surface area contributed by atoms with E-state index in [-0.39, 0.29) is 0 Å². The lowest BCUT2D eigenvalue weighted by Gasteiger charge is -2.26. The molecule has 6 nitrogen and oxygen atoms in total. The van der Waals surface area contributed by atoms with Crippen molar-refractivity contribution >= 4 is 0 Å². The lowest BCUT2D eigenvalue weighted by molar-refractivity contribution is 0.0342. The monoisotopic (exact) mass is 386 g/mol. The average molecular weight is 386 g/mol. The Hall–Kier alpha value is -2.28. The van der Waals surface area contributed by atoms with Gasteiger partial charge in [-0.05, 0) is 17.2 Å². The van der Waals surface area contributed by atoms with Gasteiger partial charge in [-0.15, -0.1) is 0 Å². The minimum Gasteiger partial charge on any atom is -0.493 e. The number of nitrogens with zero attached hydrogens (tertiary/aromatic N) is 1. The first-order valence-electron chi connectivity index (χ1n) is 9.61. The summed E-state index contributed by atoms with van der Waals surface area (Å²) >= 11 is 0. The maximum atomic E-state index is 5.54. The van der Waals surface area contributed by atoms with Crippen LogP contribution in [0.25, 0.3) is 0 Å². The highest BCUT2D eigenvalue weighted by atomic mass is 16.5. The molecule has 0 bridgehead atoms. The van der Waals surface area contributed by atoms with E-state index in [1.165, 1.54) is 11.1 Å². The summed E-state index contributed by atoms with van der Waals surface area (Å²) < 4.78 is 21.7. The predicted molar refractivity (Wildman–Crippen MR) is 109 cm³/mol. The molecule has 0 unspecified atom stereocenters. The van der Waals surface area contributed by atoms with E-state index >= 15 is 0 Å². The minimum absolute atomic E-state index is 0.622. The zero-order chi connectivity index (χ0) is 19.8. The molecule has 1 heterocycles. The SMILES string of the molecule is COc1ccc(CNCc2ccc(CN3CCOCC3)cc2)c(OC)c1OC. The number of morpholine rings is 1. The molecule has 3 rings (SSSR count). The Morgan fingerprint density at radius 3 is 2.14 bits per heavy atom. The van der Waals surface area contributed by atoms with Crippen LogP contribution < -0.4 is 19.5 Å². The summed E-state index contributed by atoms with van der Waals surface area (Å²) in [5.74, 6) is 1.99. The molecule has 0 atom stereocenters. The zero-order valence-electron chi connectivity index (χ0n) is 17.0. The van der Waals surface area contributed by atoms with Gasteiger partial charge < -0.3 is 24.3 Å². The van der Waals surface area contributed by atoms with Crippen molar-refractivity contribution < 1.29 is 18.9 Å². The summed E-state index contributed by atoms with van der Waals surface area (Å²) in [7, 11) is 4.89. The fourth-order valence-corrected chi connectivity index (χ4v) is 3.42. The lowest BCUT2D eigenvalue weighted by atomic mass is 10.1. The molecule has 1 fully saturated rings. The Labute approximate surface area is 167 Å². The van der Waals surface area contributed by atoms with E-state index in [0.717, 1.165) is 45.0 Å². The van der Waals surface area contributed by atoms with Gasteiger partial charge in [-0.3, -0.25) is 4.90 Å². The number of benzene rings is 2. The third-order valence-electron chi connectivity index (χ3n) is 4.96. The third kappa shape index (κ3) is 5.16. The molecule has 0 aliphatic carbocycles. The van der Waals surface area contributed by atoms with Crippen molar-refractivity contribution in [3.05, 3.63) is 53.1 Å². The summed E-state index contributed by atoms with van der Waals surface area (Å²) in [5, 5.41) is 3.48. The van der Waals surface area contributed by atoms with Crippen LogP contribution in [0.2, 0.25) is 0 Å². The molecule has 0 spiro atoms. The van der Waals surface area contributed by atoms with Crippen molar-refractivity contribution in [3.63, 3.8) is 0 Å². The van der Waals surface area contributed by atoms with Crippen LogP contribution >= 0.6 is 0 Å². The molecule has 0 radical (unpaired) electrons. The molecule has 152 valence electrons. The first-order valence-corrected chi connectivity index (χ1v) is 9.61. The van der Waals surface area contributed by atoms with Gasteiger partial charge in [0.25, 0.3) is 0 Å². The number of methoxy groups -OCH3 is 3. The van der Waals surface area contributed by atoms with Gasteiger partial charge in [0.05, 0.1) is 34.5 Å². The molecule has 1 aliphatic heterocycles. The predicted octanol–water partition coefficient (Wildman–Crippen LogP) is 2.83. The van der Waals surface area contributed by atoms with Crippen LogP contribution in [0, 0.1) is 0 Å². The summed E-state index contributed by atoms with van der Waals surface area (Å²) in [4.78, 5) is 2.43. The van der Waals surface area contributed by atoms with Gasteiger partial charge in [-0.1, -0.05) is 30.3 Å². The summed E-state index contributed by atoms with van der Waals surface area (Å²) in [6, 6.07) is 12.7. The van der Waals surface area contributed by atoms with Gasteiger partial charge in [-0.2, -0.15) is 0 Å². The molecular formula is C22H30N2O4. The highest BCUT2D eigenvalue weighted by Crippen LogP contribution is 2.39. The van der Waals surface area contributed by atoms with E-state index in [1.54, 1.807) is 21.3 Å². The van der Waals surface area contributed by atoms with Gasteiger partial charge in [0.15, 0.2) is 11.5 Å². The second-order valence-electron chi connectivity index (χ2n) is 6.80. The summed E-state index contributed by atoms with van der Waals surface area (Å²) in [6.07, 6.45) is 0. The molecule has 1 aliphatic rings. The van der Waals surface area contributed by atoms with Crippen molar-refractivity contribution in [2.24, 2.45) is 0 Å². The summed E-state index contributed by atoms with van der Waals surface area (Å²) in [6.45, 7) is 6.14. The molecule has 0 aromatic heterocycles. The molecule has 0 saturated carbocycles. The number of rotatable bonds is 9. The van der Waals surface area contributed by atoms with Crippen LogP contribution in [0.3, 0.4) is 0 Å². The van der Waals surface area contributed by atoms with Crippen molar-refractivity contribution in [1.82, 2.24) is 10.2 Å². The van der Waals surface area contributed by atoms with Crippen molar-refractivity contribution in [3.8, 4) is 17.2 Å². The van der Waals surface area contributed by atoms with Gasteiger partial charge in [-0.25, -0.2) is 0 Å². The summed E-state index contributed by atoms with van der Waals surface area (Å²) in [5.41, 5.74) is 3.63. The normalized spacial score (nSPS) is 14.7. The van der Waals surface area contributed by atoms with E-state index < -0.39 is 0 Å². The van der Waals surface area contributed by atoms with Crippen molar-refractivity contribution in [2.75, 3.05) is 47.6 Å². The molecule has 1 N–H and O–H groups in total. The third-order valence-corrected chi connectivity index (χ3v) is 4.96. The first-order chi connectivity index (χ1) is 13.7. The fraction of sp³-hybridized carbons (Fsp3) is 0.455. The van der Waals surface area contributed by atoms with E-state index in [2.05, 4.69) is 34.5 Å². The van der Waals surface area contributed by atoms with Crippen LogP contribution in [0.5, 0.6) is 17.2 Å². The van der Waals surface area contributed by atoms with E-state index in [9.17, 15) is 0 Å². The smallest absolute Gasteiger partial charge is 0.203 e. The van der Waals surface area contributed by atoms with Gasteiger partial charge in [0.2, 0.25) is 5.75 Å². The van der Waals surface area contributed by atoms with Crippen LogP contribution in [0.4, 0.5) is 0 Å². The molecule has 2 aromatic rings. The molecule has 28 heavy (non-hydrogen) atoms. The van der Waals surface area contributed by atoms with Crippen molar-refractivity contribution in [2.45, 2.75) is 19.6 Å². The maximum absolute atomic E-state index is 5.54. The Morgan fingerprint density at radius 2 is 1.50 bits per heavy atom. The quantitative estimate of drug-likeness (QED) is 0.715. The molecule has 2 aromatic carbocycles. The Morgan fingerprint density at radius 1 is 0.821 bits per heavy atom. The fourth-order valence-electron chi connectivity index (χ4n) is 3.42. The number of nitrogens with one attached hydrogen (secondary N) is 1. The second-order valence-corrected chi connectivity index (χ2v) is 6.80. The highest BCUT2D eigenvalue weighted by Gasteiger charge is 2.15. The highest BCUT2D eigenvalue weighted by molar-refractivity contribution is 5.55. The Bertz CT molecular complexity index is 743.